The fourth-order valence-electron chi connectivity index (χ4n) is 2.12. The molecule has 3 heteroatoms. The van der Waals surface area contributed by atoms with Gasteiger partial charge >= 0.3 is 0 Å². The Morgan fingerprint density at radius 2 is 1.86 bits per heavy atom. The SMILES string of the molecule is COc1ccc2c(=O)c(/C=C\c3ccccc3)coc2c1. The third kappa shape index (κ3) is 2.72. The van der Waals surface area contributed by atoms with Crippen molar-refractivity contribution in [2.45, 2.75) is 0 Å². The number of fused-ring (bicyclic) bond motifs is 1. The number of rotatable bonds is 3. The van der Waals surface area contributed by atoms with Crippen LogP contribution in [0.25, 0.3) is 23.1 Å². The average Bonchev–Trinajstić information content (AvgIpc) is 2.55. The van der Waals surface area contributed by atoms with Crippen LogP contribution in [0.1, 0.15) is 11.1 Å². The standard InChI is InChI=1S/C18H14O3/c1-20-15-9-10-16-17(11-15)21-12-14(18(16)19)8-7-13-5-3-2-4-6-13/h2-12H,1H3/b8-7-. The quantitative estimate of drug-likeness (QED) is 0.727. The second-order valence-electron chi connectivity index (χ2n) is 4.63. The summed E-state index contributed by atoms with van der Waals surface area (Å²) in [6, 6.07) is 15.0. The van der Waals surface area contributed by atoms with Crippen LogP contribution in [0.2, 0.25) is 0 Å². The van der Waals surface area contributed by atoms with Gasteiger partial charge in [-0.15, -0.1) is 0 Å². The maximum absolute atomic E-state index is 12.4. The highest BCUT2D eigenvalue weighted by atomic mass is 16.5. The fourth-order valence-corrected chi connectivity index (χ4v) is 2.12. The van der Waals surface area contributed by atoms with E-state index in [0.717, 1.165) is 5.56 Å². The minimum absolute atomic E-state index is 0.0499. The molecular formula is C18H14O3. The molecule has 1 aromatic heterocycles. The second kappa shape index (κ2) is 5.67. The lowest BCUT2D eigenvalue weighted by Crippen LogP contribution is -2.04. The van der Waals surface area contributed by atoms with Crippen LogP contribution < -0.4 is 10.2 Å². The van der Waals surface area contributed by atoms with Gasteiger partial charge in [0.05, 0.1) is 18.1 Å². The predicted molar refractivity (Wildman–Crippen MR) is 84.4 cm³/mol. The second-order valence-corrected chi connectivity index (χ2v) is 4.63. The van der Waals surface area contributed by atoms with Crippen molar-refractivity contribution in [3.8, 4) is 5.75 Å². The van der Waals surface area contributed by atoms with Gasteiger partial charge in [0.1, 0.15) is 17.6 Å². The summed E-state index contributed by atoms with van der Waals surface area (Å²) in [6.45, 7) is 0. The van der Waals surface area contributed by atoms with Gasteiger partial charge in [0.25, 0.3) is 0 Å². The van der Waals surface area contributed by atoms with Gasteiger partial charge in [-0.05, 0) is 23.8 Å². The zero-order chi connectivity index (χ0) is 14.7. The minimum atomic E-state index is -0.0499. The summed E-state index contributed by atoms with van der Waals surface area (Å²) in [5, 5.41) is 0.547. The van der Waals surface area contributed by atoms with Gasteiger partial charge in [0.2, 0.25) is 0 Å². The summed E-state index contributed by atoms with van der Waals surface area (Å²) in [4.78, 5) is 12.4. The van der Waals surface area contributed by atoms with E-state index in [9.17, 15) is 4.79 Å². The third-order valence-corrected chi connectivity index (χ3v) is 3.26. The van der Waals surface area contributed by atoms with Crippen LogP contribution in [-0.2, 0) is 0 Å². The smallest absolute Gasteiger partial charge is 0.199 e. The average molecular weight is 278 g/mol. The molecule has 0 aliphatic heterocycles. The molecule has 0 amide bonds. The van der Waals surface area contributed by atoms with Gasteiger partial charge in [0, 0.05) is 6.07 Å². The molecule has 104 valence electrons. The topological polar surface area (TPSA) is 39.4 Å². The summed E-state index contributed by atoms with van der Waals surface area (Å²) in [6.07, 6.45) is 5.13. The first-order chi connectivity index (χ1) is 10.3. The van der Waals surface area contributed by atoms with Gasteiger partial charge in [-0.2, -0.15) is 0 Å². The first kappa shape index (κ1) is 13.2. The molecule has 0 fully saturated rings. The molecule has 3 nitrogen and oxygen atoms in total. The van der Waals surface area contributed by atoms with Crippen LogP contribution in [0.4, 0.5) is 0 Å². The van der Waals surface area contributed by atoms with Crippen LogP contribution in [0.15, 0.2) is 64.0 Å². The highest BCUT2D eigenvalue weighted by molar-refractivity contribution is 5.81. The predicted octanol–water partition coefficient (Wildman–Crippen LogP) is 3.97. The Morgan fingerprint density at radius 3 is 2.62 bits per heavy atom. The molecule has 0 unspecified atom stereocenters. The van der Waals surface area contributed by atoms with E-state index in [4.69, 9.17) is 9.15 Å². The van der Waals surface area contributed by atoms with E-state index in [1.165, 1.54) is 6.26 Å². The molecule has 0 aliphatic rings. The van der Waals surface area contributed by atoms with Crippen molar-refractivity contribution in [1.82, 2.24) is 0 Å². The first-order valence-electron chi connectivity index (χ1n) is 6.60. The number of ether oxygens (including phenoxy) is 1. The van der Waals surface area contributed by atoms with E-state index in [1.807, 2.05) is 36.4 Å². The van der Waals surface area contributed by atoms with E-state index in [2.05, 4.69) is 0 Å². The molecule has 3 aromatic rings. The number of hydrogen-bond acceptors (Lipinski definition) is 3. The maximum Gasteiger partial charge on any atom is 0.199 e. The molecule has 1 heterocycles. The molecule has 0 saturated carbocycles. The van der Waals surface area contributed by atoms with Gasteiger partial charge in [0.15, 0.2) is 5.43 Å². The molecular weight excluding hydrogens is 264 g/mol. The molecule has 0 aliphatic carbocycles. The van der Waals surface area contributed by atoms with Gasteiger partial charge in [-0.1, -0.05) is 36.4 Å². The highest BCUT2D eigenvalue weighted by Crippen LogP contribution is 2.19. The Bertz CT molecular complexity index is 845. The number of hydrogen-bond donors (Lipinski definition) is 0. The van der Waals surface area contributed by atoms with Crippen LogP contribution in [0, 0.1) is 0 Å². The molecule has 0 radical (unpaired) electrons. The monoisotopic (exact) mass is 278 g/mol. The lowest BCUT2D eigenvalue weighted by atomic mass is 10.1. The van der Waals surface area contributed by atoms with Crippen molar-refractivity contribution in [3.05, 3.63) is 76.1 Å². The van der Waals surface area contributed by atoms with Gasteiger partial charge in [-0.25, -0.2) is 0 Å². The molecule has 2 aromatic carbocycles. The van der Waals surface area contributed by atoms with E-state index in [-0.39, 0.29) is 5.43 Å². The molecule has 0 bridgehead atoms. The van der Waals surface area contributed by atoms with Crippen molar-refractivity contribution in [2.24, 2.45) is 0 Å². The lowest BCUT2D eigenvalue weighted by Gasteiger charge is -2.02. The van der Waals surface area contributed by atoms with Crippen LogP contribution in [0.3, 0.4) is 0 Å². The van der Waals surface area contributed by atoms with Crippen molar-refractivity contribution in [1.29, 1.82) is 0 Å². The molecule has 0 saturated heterocycles. The van der Waals surface area contributed by atoms with Crippen LogP contribution in [-0.4, -0.2) is 7.11 Å². The Labute approximate surface area is 122 Å². The minimum Gasteiger partial charge on any atom is -0.497 e. The third-order valence-electron chi connectivity index (χ3n) is 3.26. The van der Waals surface area contributed by atoms with Crippen LogP contribution >= 0.6 is 0 Å². The number of methoxy groups -OCH3 is 1. The Kier molecular flexibility index (Phi) is 3.56. The van der Waals surface area contributed by atoms with Gasteiger partial charge < -0.3 is 9.15 Å². The van der Waals surface area contributed by atoms with E-state index in [1.54, 1.807) is 31.4 Å². The largest absolute Gasteiger partial charge is 0.497 e. The van der Waals surface area contributed by atoms with Crippen LogP contribution in [0.5, 0.6) is 5.75 Å². The van der Waals surface area contributed by atoms with Gasteiger partial charge in [-0.3, -0.25) is 4.79 Å². The summed E-state index contributed by atoms with van der Waals surface area (Å²) in [5.41, 5.74) is 2.03. The molecule has 0 spiro atoms. The lowest BCUT2D eigenvalue weighted by molar-refractivity contribution is 0.414. The Balaban J connectivity index is 2.03. The summed E-state index contributed by atoms with van der Waals surface area (Å²) >= 11 is 0. The zero-order valence-corrected chi connectivity index (χ0v) is 11.6. The zero-order valence-electron chi connectivity index (χ0n) is 11.6. The molecule has 0 atom stereocenters. The summed E-state index contributed by atoms with van der Waals surface area (Å²) in [7, 11) is 1.58. The van der Waals surface area contributed by atoms with E-state index >= 15 is 0 Å². The Hall–Kier alpha value is -2.81. The van der Waals surface area contributed by atoms with Crippen molar-refractivity contribution in [2.75, 3.05) is 7.11 Å². The maximum atomic E-state index is 12.4. The molecule has 21 heavy (non-hydrogen) atoms. The van der Waals surface area contributed by atoms with E-state index < -0.39 is 0 Å². The molecule has 0 N–H and O–H groups in total. The number of benzene rings is 2. The van der Waals surface area contributed by atoms with Crippen molar-refractivity contribution in [3.63, 3.8) is 0 Å². The van der Waals surface area contributed by atoms with Crippen molar-refractivity contribution >= 4 is 23.1 Å². The Morgan fingerprint density at radius 1 is 1.05 bits per heavy atom. The normalized spacial score (nSPS) is 11.1. The van der Waals surface area contributed by atoms with Crippen molar-refractivity contribution < 1.29 is 9.15 Å². The summed E-state index contributed by atoms with van der Waals surface area (Å²) < 4.78 is 10.6. The highest BCUT2D eigenvalue weighted by Gasteiger charge is 2.05. The fraction of sp³-hybridized carbons (Fsp3) is 0.0556. The molecule has 3 rings (SSSR count). The first-order valence-corrected chi connectivity index (χ1v) is 6.60. The summed E-state index contributed by atoms with van der Waals surface area (Å²) in [5.74, 6) is 0.665. The van der Waals surface area contributed by atoms with E-state index in [0.29, 0.717) is 22.3 Å².